The van der Waals surface area contributed by atoms with Crippen molar-refractivity contribution in [2.45, 2.75) is 12.8 Å². The highest BCUT2D eigenvalue weighted by molar-refractivity contribution is 5.92. The van der Waals surface area contributed by atoms with E-state index in [-0.39, 0.29) is 0 Å². The number of benzene rings is 1. The third-order valence-corrected chi connectivity index (χ3v) is 2.89. The Morgan fingerprint density at radius 2 is 2.11 bits per heavy atom. The van der Waals surface area contributed by atoms with E-state index in [1.165, 1.54) is 0 Å². The number of hydrogen-bond acceptors (Lipinski definition) is 4. The lowest BCUT2D eigenvalue weighted by Crippen LogP contribution is -2.00. The van der Waals surface area contributed by atoms with Crippen molar-refractivity contribution in [3.63, 3.8) is 0 Å². The Balaban J connectivity index is 1.96. The highest BCUT2D eigenvalue weighted by Crippen LogP contribution is 2.30. The number of rotatable bonds is 4. The number of fused-ring (bicyclic) bond motifs is 1. The van der Waals surface area contributed by atoms with Crippen LogP contribution >= 0.6 is 0 Å². The molecule has 2 heterocycles. The molecule has 18 heavy (non-hydrogen) atoms. The van der Waals surface area contributed by atoms with Gasteiger partial charge in [-0.05, 0) is 19.0 Å². The van der Waals surface area contributed by atoms with Gasteiger partial charge in [0, 0.05) is 11.8 Å². The molecule has 0 radical (unpaired) electrons. The molecule has 0 bridgehead atoms. The summed E-state index contributed by atoms with van der Waals surface area (Å²) in [5.74, 6) is 1.47. The second-order valence-electron chi connectivity index (χ2n) is 4.16. The normalized spacial score (nSPS) is 11.2. The van der Waals surface area contributed by atoms with Crippen LogP contribution in [0.25, 0.3) is 22.3 Å². The SMILES string of the molecule is NCCCc1ncc(-c2coc3ccccc23)o1. The average molecular weight is 242 g/mol. The fourth-order valence-electron chi connectivity index (χ4n) is 1.97. The molecule has 0 spiro atoms. The molecule has 1 aromatic carbocycles. The molecule has 0 aliphatic heterocycles. The molecule has 0 aliphatic carbocycles. The van der Waals surface area contributed by atoms with Gasteiger partial charge in [-0.25, -0.2) is 4.98 Å². The van der Waals surface area contributed by atoms with Gasteiger partial charge in [-0.2, -0.15) is 0 Å². The topological polar surface area (TPSA) is 65.2 Å². The van der Waals surface area contributed by atoms with Gasteiger partial charge >= 0.3 is 0 Å². The van der Waals surface area contributed by atoms with Crippen molar-refractivity contribution in [1.29, 1.82) is 0 Å². The van der Waals surface area contributed by atoms with Crippen molar-refractivity contribution < 1.29 is 8.83 Å². The third kappa shape index (κ3) is 1.91. The smallest absolute Gasteiger partial charge is 0.194 e. The molecule has 0 saturated carbocycles. The minimum Gasteiger partial charge on any atom is -0.464 e. The largest absolute Gasteiger partial charge is 0.464 e. The Morgan fingerprint density at radius 3 is 3.00 bits per heavy atom. The molecule has 0 fully saturated rings. The summed E-state index contributed by atoms with van der Waals surface area (Å²) in [4.78, 5) is 4.25. The van der Waals surface area contributed by atoms with Gasteiger partial charge in [0.25, 0.3) is 0 Å². The second-order valence-corrected chi connectivity index (χ2v) is 4.16. The summed E-state index contributed by atoms with van der Waals surface area (Å²) in [6.07, 6.45) is 5.10. The van der Waals surface area contributed by atoms with Crippen molar-refractivity contribution in [1.82, 2.24) is 4.98 Å². The van der Waals surface area contributed by atoms with Gasteiger partial charge in [0.05, 0.1) is 11.8 Å². The summed E-state index contributed by atoms with van der Waals surface area (Å²) in [6, 6.07) is 7.87. The van der Waals surface area contributed by atoms with Crippen molar-refractivity contribution in [2.24, 2.45) is 5.73 Å². The second kappa shape index (κ2) is 4.66. The number of nitrogens with two attached hydrogens (primary N) is 1. The highest BCUT2D eigenvalue weighted by atomic mass is 16.4. The zero-order valence-electron chi connectivity index (χ0n) is 9.93. The molecule has 0 aliphatic rings. The Bertz CT molecular complexity index is 654. The number of para-hydroxylation sites is 1. The van der Waals surface area contributed by atoms with Gasteiger partial charge in [-0.3, -0.25) is 0 Å². The fraction of sp³-hybridized carbons (Fsp3) is 0.214. The molecule has 2 N–H and O–H groups in total. The maximum atomic E-state index is 5.71. The molecule has 4 heteroatoms. The van der Waals surface area contributed by atoms with E-state index in [1.807, 2.05) is 24.3 Å². The van der Waals surface area contributed by atoms with E-state index < -0.39 is 0 Å². The van der Waals surface area contributed by atoms with Crippen LogP contribution in [0.2, 0.25) is 0 Å². The van der Waals surface area contributed by atoms with Gasteiger partial charge < -0.3 is 14.6 Å². The van der Waals surface area contributed by atoms with Gasteiger partial charge in [-0.1, -0.05) is 18.2 Å². The average Bonchev–Trinajstić information content (AvgIpc) is 3.02. The van der Waals surface area contributed by atoms with E-state index in [9.17, 15) is 0 Å². The van der Waals surface area contributed by atoms with Crippen LogP contribution < -0.4 is 5.73 Å². The first-order valence-corrected chi connectivity index (χ1v) is 6.00. The molecular weight excluding hydrogens is 228 g/mol. The zero-order valence-corrected chi connectivity index (χ0v) is 9.93. The number of aromatic nitrogens is 1. The van der Waals surface area contributed by atoms with Crippen LogP contribution in [0.3, 0.4) is 0 Å². The lowest BCUT2D eigenvalue weighted by atomic mass is 10.1. The minimum absolute atomic E-state index is 0.645. The number of nitrogens with zero attached hydrogens (tertiary/aromatic N) is 1. The molecule has 2 aromatic heterocycles. The summed E-state index contributed by atoms with van der Waals surface area (Å²) in [6.45, 7) is 0.645. The van der Waals surface area contributed by atoms with Gasteiger partial charge in [-0.15, -0.1) is 0 Å². The van der Waals surface area contributed by atoms with Crippen molar-refractivity contribution in [3.05, 3.63) is 42.6 Å². The van der Waals surface area contributed by atoms with Crippen LogP contribution in [0.1, 0.15) is 12.3 Å². The van der Waals surface area contributed by atoms with Crippen molar-refractivity contribution >= 4 is 11.0 Å². The Morgan fingerprint density at radius 1 is 1.22 bits per heavy atom. The molecule has 92 valence electrons. The number of oxazole rings is 1. The van der Waals surface area contributed by atoms with Crippen molar-refractivity contribution in [3.8, 4) is 11.3 Å². The van der Waals surface area contributed by atoms with Crippen LogP contribution in [-0.2, 0) is 6.42 Å². The van der Waals surface area contributed by atoms with E-state index in [4.69, 9.17) is 14.6 Å². The Kier molecular flexibility index (Phi) is 2.86. The summed E-state index contributed by atoms with van der Waals surface area (Å²) in [5, 5.41) is 1.04. The molecule has 3 rings (SSSR count). The highest BCUT2D eigenvalue weighted by Gasteiger charge is 2.12. The first kappa shape index (κ1) is 11.0. The molecule has 4 nitrogen and oxygen atoms in total. The molecule has 0 saturated heterocycles. The minimum atomic E-state index is 0.645. The van der Waals surface area contributed by atoms with E-state index >= 15 is 0 Å². The predicted molar refractivity (Wildman–Crippen MR) is 69.1 cm³/mol. The summed E-state index contributed by atoms with van der Waals surface area (Å²) in [7, 11) is 0. The summed E-state index contributed by atoms with van der Waals surface area (Å²) in [5.41, 5.74) is 7.26. The standard InChI is InChI=1S/C14H14N2O2/c15-7-3-6-14-16-8-13(18-14)11-9-17-12-5-2-1-4-10(11)12/h1-2,4-5,8-9H,3,6-7,15H2. The van der Waals surface area contributed by atoms with Gasteiger partial charge in [0.1, 0.15) is 11.8 Å². The van der Waals surface area contributed by atoms with E-state index in [0.717, 1.165) is 41.0 Å². The Labute approximate surface area is 104 Å². The molecule has 0 amide bonds. The molecule has 3 aromatic rings. The molecule has 0 unspecified atom stereocenters. The summed E-state index contributed by atoms with van der Waals surface area (Å²) < 4.78 is 11.2. The third-order valence-electron chi connectivity index (χ3n) is 2.89. The lowest BCUT2D eigenvalue weighted by molar-refractivity contribution is 0.499. The van der Waals surface area contributed by atoms with E-state index in [1.54, 1.807) is 12.5 Å². The number of aryl methyl sites for hydroxylation is 1. The zero-order chi connectivity index (χ0) is 12.4. The van der Waals surface area contributed by atoms with Crippen LogP contribution in [0.4, 0.5) is 0 Å². The van der Waals surface area contributed by atoms with Crippen LogP contribution in [0.5, 0.6) is 0 Å². The lowest BCUT2D eigenvalue weighted by Gasteiger charge is -1.93. The predicted octanol–water partition coefficient (Wildman–Crippen LogP) is 2.98. The molecule has 0 atom stereocenters. The van der Waals surface area contributed by atoms with Crippen LogP contribution in [0.15, 0.2) is 45.6 Å². The van der Waals surface area contributed by atoms with E-state index in [0.29, 0.717) is 6.54 Å². The monoisotopic (exact) mass is 242 g/mol. The number of hydrogen-bond donors (Lipinski definition) is 1. The Hall–Kier alpha value is -2.07. The summed E-state index contributed by atoms with van der Waals surface area (Å²) >= 11 is 0. The van der Waals surface area contributed by atoms with Crippen LogP contribution in [-0.4, -0.2) is 11.5 Å². The first-order valence-electron chi connectivity index (χ1n) is 6.00. The fourth-order valence-corrected chi connectivity index (χ4v) is 1.97. The van der Waals surface area contributed by atoms with Crippen molar-refractivity contribution in [2.75, 3.05) is 6.54 Å². The van der Waals surface area contributed by atoms with Crippen LogP contribution in [0, 0.1) is 0 Å². The van der Waals surface area contributed by atoms with Gasteiger partial charge in [0.2, 0.25) is 0 Å². The first-order chi connectivity index (χ1) is 8.88. The maximum Gasteiger partial charge on any atom is 0.194 e. The van der Waals surface area contributed by atoms with E-state index in [2.05, 4.69) is 4.98 Å². The maximum absolute atomic E-state index is 5.71. The van der Waals surface area contributed by atoms with Gasteiger partial charge in [0.15, 0.2) is 11.7 Å². The number of furan rings is 1. The molecular formula is C14H14N2O2. The quantitative estimate of drug-likeness (QED) is 0.763.